The van der Waals surface area contributed by atoms with E-state index < -0.39 is 6.10 Å². The van der Waals surface area contributed by atoms with Crippen LogP contribution in [0.3, 0.4) is 0 Å². The highest BCUT2D eigenvalue weighted by Gasteiger charge is 2.42. The molecule has 0 radical (unpaired) electrons. The van der Waals surface area contributed by atoms with Crippen molar-refractivity contribution >= 4 is 21.6 Å². The number of benzene rings is 1. The summed E-state index contributed by atoms with van der Waals surface area (Å²) >= 11 is 3.61. The molecule has 19 heavy (non-hydrogen) atoms. The van der Waals surface area contributed by atoms with E-state index in [0.29, 0.717) is 11.8 Å². The lowest BCUT2D eigenvalue weighted by Gasteiger charge is -2.22. The van der Waals surface area contributed by atoms with E-state index in [1.165, 1.54) is 5.69 Å². The van der Waals surface area contributed by atoms with Crippen LogP contribution in [0.25, 0.3) is 0 Å². The van der Waals surface area contributed by atoms with Gasteiger partial charge in [0.05, 0.1) is 17.9 Å². The number of rotatable bonds is 2. The highest BCUT2D eigenvalue weighted by molar-refractivity contribution is 9.10. The van der Waals surface area contributed by atoms with E-state index in [9.17, 15) is 10.2 Å². The Balaban J connectivity index is 1.80. The van der Waals surface area contributed by atoms with Gasteiger partial charge in [-0.05, 0) is 59.3 Å². The zero-order valence-electron chi connectivity index (χ0n) is 11.1. The van der Waals surface area contributed by atoms with Gasteiger partial charge in [-0.3, -0.25) is 0 Å². The predicted octanol–water partition coefficient (Wildman–Crippen LogP) is 2.71. The van der Waals surface area contributed by atoms with Crippen molar-refractivity contribution in [2.75, 3.05) is 18.0 Å². The second-order valence-corrected chi connectivity index (χ2v) is 6.71. The summed E-state index contributed by atoms with van der Waals surface area (Å²) in [5.74, 6) is 1.07. The van der Waals surface area contributed by atoms with E-state index in [1.807, 2.05) is 12.1 Å². The molecule has 4 heteroatoms. The van der Waals surface area contributed by atoms with Gasteiger partial charge in [0.2, 0.25) is 0 Å². The maximum Gasteiger partial charge on any atom is 0.0762 e. The first-order valence-electron chi connectivity index (χ1n) is 6.97. The van der Waals surface area contributed by atoms with Crippen LogP contribution >= 0.6 is 15.9 Å². The summed E-state index contributed by atoms with van der Waals surface area (Å²) in [5.41, 5.74) is 2.10. The van der Waals surface area contributed by atoms with Crippen LogP contribution in [0.1, 0.15) is 31.4 Å². The van der Waals surface area contributed by atoms with Crippen molar-refractivity contribution in [2.24, 2.45) is 11.8 Å². The van der Waals surface area contributed by atoms with Crippen LogP contribution in [0.15, 0.2) is 22.7 Å². The highest BCUT2D eigenvalue weighted by Crippen LogP contribution is 2.41. The number of fused-ring (bicyclic) bond motifs is 1. The third-order valence-corrected chi connectivity index (χ3v) is 5.25. The van der Waals surface area contributed by atoms with Gasteiger partial charge in [-0.1, -0.05) is 6.07 Å². The Morgan fingerprint density at radius 1 is 1.32 bits per heavy atom. The summed E-state index contributed by atoms with van der Waals surface area (Å²) in [6.45, 7) is 3.75. The molecular weight excluding hydrogens is 306 g/mol. The fourth-order valence-electron chi connectivity index (χ4n) is 3.47. The lowest BCUT2D eigenvalue weighted by molar-refractivity contribution is 0.133. The summed E-state index contributed by atoms with van der Waals surface area (Å²) in [6.07, 6.45) is 1.55. The zero-order valence-corrected chi connectivity index (χ0v) is 12.7. The van der Waals surface area contributed by atoms with Gasteiger partial charge in [-0.2, -0.15) is 0 Å². The zero-order chi connectivity index (χ0) is 13.6. The Morgan fingerprint density at radius 2 is 2.11 bits per heavy atom. The number of anilines is 1. The van der Waals surface area contributed by atoms with Crippen molar-refractivity contribution < 1.29 is 10.2 Å². The third-order valence-electron chi connectivity index (χ3n) is 4.61. The molecule has 1 aliphatic heterocycles. The maximum absolute atomic E-state index is 9.98. The molecule has 2 aliphatic rings. The lowest BCUT2D eigenvalue weighted by atomic mass is 10.00. The molecule has 1 saturated heterocycles. The molecule has 0 bridgehead atoms. The van der Waals surface area contributed by atoms with Gasteiger partial charge in [-0.15, -0.1) is 0 Å². The molecule has 2 fully saturated rings. The molecule has 0 aromatic heterocycles. The fraction of sp³-hybridized carbons (Fsp3) is 0.600. The summed E-state index contributed by atoms with van der Waals surface area (Å²) in [5, 5.41) is 19.6. The average Bonchev–Trinajstić information content (AvgIpc) is 2.92. The van der Waals surface area contributed by atoms with E-state index in [1.54, 1.807) is 6.92 Å². The van der Waals surface area contributed by atoms with Gasteiger partial charge < -0.3 is 15.1 Å². The highest BCUT2D eigenvalue weighted by atomic mass is 79.9. The minimum absolute atomic E-state index is 0.120. The number of nitrogens with zero attached hydrogens (tertiary/aromatic N) is 1. The van der Waals surface area contributed by atoms with E-state index in [4.69, 9.17) is 0 Å². The molecule has 1 heterocycles. The van der Waals surface area contributed by atoms with Gasteiger partial charge >= 0.3 is 0 Å². The van der Waals surface area contributed by atoms with Crippen LogP contribution in [0, 0.1) is 11.8 Å². The molecule has 104 valence electrons. The molecule has 1 aliphatic carbocycles. The van der Waals surface area contributed by atoms with Gasteiger partial charge in [0.25, 0.3) is 0 Å². The number of halogens is 1. The standard InChI is InChI=1S/C15H20BrNO2/c1-9(18)10-2-4-14(13(16)6-10)17-7-11-3-5-15(19)12(11)8-17/h2,4,6,9,11-12,15,18-19H,3,5,7-8H2,1H3/t9-,11?,12?,15?/m1/s1. The molecule has 1 aromatic carbocycles. The maximum atomic E-state index is 9.98. The van der Waals surface area contributed by atoms with Crippen LogP contribution in [0.2, 0.25) is 0 Å². The average molecular weight is 326 g/mol. The van der Waals surface area contributed by atoms with E-state index in [2.05, 4.69) is 26.9 Å². The Kier molecular flexibility index (Phi) is 3.58. The Morgan fingerprint density at radius 3 is 2.74 bits per heavy atom. The van der Waals surface area contributed by atoms with Crippen LogP contribution in [-0.4, -0.2) is 29.4 Å². The molecule has 1 saturated carbocycles. The van der Waals surface area contributed by atoms with Crippen LogP contribution in [-0.2, 0) is 0 Å². The molecule has 3 unspecified atom stereocenters. The predicted molar refractivity (Wildman–Crippen MR) is 79.2 cm³/mol. The second kappa shape index (κ2) is 5.08. The lowest BCUT2D eigenvalue weighted by Crippen LogP contribution is -2.24. The SMILES string of the molecule is C[C@@H](O)c1ccc(N2CC3CCC(O)C3C2)c(Br)c1. The molecule has 0 spiro atoms. The summed E-state index contributed by atoms with van der Waals surface area (Å²) < 4.78 is 1.03. The summed E-state index contributed by atoms with van der Waals surface area (Å²) in [4.78, 5) is 2.35. The van der Waals surface area contributed by atoms with Crippen molar-refractivity contribution in [1.82, 2.24) is 0 Å². The fourth-order valence-corrected chi connectivity index (χ4v) is 4.12. The minimum Gasteiger partial charge on any atom is -0.393 e. The smallest absolute Gasteiger partial charge is 0.0762 e. The topological polar surface area (TPSA) is 43.7 Å². The van der Waals surface area contributed by atoms with Gasteiger partial charge in [0.1, 0.15) is 0 Å². The monoisotopic (exact) mass is 325 g/mol. The molecule has 3 rings (SSSR count). The van der Waals surface area contributed by atoms with E-state index in [0.717, 1.165) is 36.0 Å². The Labute approximate surface area is 122 Å². The van der Waals surface area contributed by atoms with Crippen LogP contribution < -0.4 is 4.90 Å². The number of hydrogen-bond acceptors (Lipinski definition) is 3. The van der Waals surface area contributed by atoms with Crippen molar-refractivity contribution in [3.05, 3.63) is 28.2 Å². The summed E-state index contributed by atoms with van der Waals surface area (Å²) in [7, 11) is 0. The molecular formula is C15H20BrNO2. The largest absolute Gasteiger partial charge is 0.393 e. The van der Waals surface area contributed by atoms with Crippen LogP contribution in [0.4, 0.5) is 5.69 Å². The molecule has 0 amide bonds. The molecule has 1 aromatic rings. The van der Waals surface area contributed by atoms with Gasteiger partial charge in [0.15, 0.2) is 0 Å². The first kappa shape index (κ1) is 13.4. The Hall–Kier alpha value is -0.580. The first-order chi connectivity index (χ1) is 9.06. The normalized spacial score (nSPS) is 31.6. The number of aliphatic hydroxyl groups is 2. The van der Waals surface area contributed by atoms with Crippen molar-refractivity contribution in [3.8, 4) is 0 Å². The van der Waals surface area contributed by atoms with Gasteiger partial charge in [0, 0.05) is 23.5 Å². The Bertz CT molecular complexity index is 477. The molecule has 3 nitrogen and oxygen atoms in total. The minimum atomic E-state index is -0.440. The first-order valence-corrected chi connectivity index (χ1v) is 7.76. The van der Waals surface area contributed by atoms with E-state index in [-0.39, 0.29) is 6.10 Å². The van der Waals surface area contributed by atoms with Crippen molar-refractivity contribution in [3.63, 3.8) is 0 Å². The summed E-state index contributed by atoms with van der Waals surface area (Å²) in [6, 6.07) is 6.04. The molecule has 2 N–H and O–H groups in total. The second-order valence-electron chi connectivity index (χ2n) is 5.86. The number of aliphatic hydroxyl groups excluding tert-OH is 2. The quantitative estimate of drug-likeness (QED) is 0.878. The van der Waals surface area contributed by atoms with Gasteiger partial charge in [-0.25, -0.2) is 0 Å². The van der Waals surface area contributed by atoms with Crippen molar-refractivity contribution in [1.29, 1.82) is 0 Å². The molecule has 4 atom stereocenters. The van der Waals surface area contributed by atoms with Crippen LogP contribution in [0.5, 0.6) is 0 Å². The number of hydrogen-bond donors (Lipinski definition) is 2. The van der Waals surface area contributed by atoms with Crippen molar-refractivity contribution in [2.45, 2.75) is 32.0 Å². The third kappa shape index (κ3) is 2.41. The van der Waals surface area contributed by atoms with E-state index >= 15 is 0 Å².